The molecule has 31 heavy (non-hydrogen) atoms. The lowest BCUT2D eigenvalue weighted by Crippen LogP contribution is -2.34. The zero-order valence-corrected chi connectivity index (χ0v) is 17.5. The fourth-order valence-electron chi connectivity index (χ4n) is 3.25. The largest absolute Gasteiger partial charge is 0.489 e. The minimum absolute atomic E-state index is 0.0252. The molecule has 1 aliphatic rings. The van der Waals surface area contributed by atoms with E-state index in [0.29, 0.717) is 31.2 Å². The van der Waals surface area contributed by atoms with Crippen molar-refractivity contribution in [3.05, 3.63) is 83.9 Å². The lowest BCUT2D eigenvalue weighted by atomic mass is 10.2. The summed E-state index contributed by atoms with van der Waals surface area (Å²) in [5.74, 6) is 2.74. The van der Waals surface area contributed by atoms with Crippen molar-refractivity contribution in [1.29, 1.82) is 0 Å². The van der Waals surface area contributed by atoms with Gasteiger partial charge in [0.2, 0.25) is 6.79 Å². The van der Waals surface area contributed by atoms with Gasteiger partial charge in [0.15, 0.2) is 18.1 Å². The van der Waals surface area contributed by atoms with Crippen LogP contribution >= 0.6 is 0 Å². The molecule has 0 unspecified atom stereocenters. The van der Waals surface area contributed by atoms with Crippen LogP contribution in [-0.4, -0.2) is 30.8 Å². The zero-order chi connectivity index (χ0) is 21.5. The van der Waals surface area contributed by atoms with Crippen LogP contribution in [0.4, 0.5) is 0 Å². The summed E-state index contributed by atoms with van der Waals surface area (Å²) in [4.78, 5) is 14.4. The summed E-state index contributed by atoms with van der Waals surface area (Å²) in [5.41, 5.74) is 2.09. The van der Waals surface area contributed by atoms with Crippen LogP contribution in [-0.2, 0) is 17.9 Å². The van der Waals surface area contributed by atoms with Gasteiger partial charge in [0.25, 0.3) is 5.91 Å². The predicted octanol–water partition coefficient (Wildman–Crippen LogP) is 4.42. The van der Waals surface area contributed by atoms with Gasteiger partial charge in [-0.1, -0.05) is 36.4 Å². The monoisotopic (exact) mass is 419 g/mol. The number of ether oxygens (including phenoxy) is 4. The molecule has 6 nitrogen and oxygen atoms in total. The molecule has 0 radical (unpaired) electrons. The molecule has 1 aliphatic heterocycles. The lowest BCUT2D eigenvalue weighted by molar-refractivity contribution is -0.133. The van der Waals surface area contributed by atoms with E-state index in [1.54, 1.807) is 4.90 Å². The molecule has 0 aliphatic carbocycles. The quantitative estimate of drug-likeness (QED) is 0.514. The number of hydrogen-bond acceptors (Lipinski definition) is 5. The van der Waals surface area contributed by atoms with Crippen molar-refractivity contribution in [2.24, 2.45) is 0 Å². The van der Waals surface area contributed by atoms with Gasteiger partial charge in [-0.05, 0) is 54.4 Å². The molecular weight excluding hydrogens is 394 g/mol. The third-order valence-electron chi connectivity index (χ3n) is 4.98. The van der Waals surface area contributed by atoms with E-state index < -0.39 is 0 Å². The highest BCUT2D eigenvalue weighted by molar-refractivity contribution is 5.77. The first kappa shape index (κ1) is 20.6. The number of carbonyl (C=O) groups excluding carboxylic acids is 1. The molecule has 0 aromatic heterocycles. The van der Waals surface area contributed by atoms with Crippen LogP contribution in [0, 0.1) is 0 Å². The molecule has 3 aromatic carbocycles. The molecule has 1 heterocycles. The Morgan fingerprint density at radius 2 is 1.58 bits per heavy atom. The average molecular weight is 419 g/mol. The predicted molar refractivity (Wildman–Crippen MR) is 116 cm³/mol. The van der Waals surface area contributed by atoms with Gasteiger partial charge >= 0.3 is 0 Å². The normalized spacial score (nSPS) is 11.8. The Morgan fingerprint density at radius 1 is 0.871 bits per heavy atom. The second kappa shape index (κ2) is 9.89. The fourth-order valence-corrected chi connectivity index (χ4v) is 3.25. The fraction of sp³-hybridized carbons (Fsp3) is 0.240. The maximum absolute atomic E-state index is 12.6. The van der Waals surface area contributed by atoms with Crippen molar-refractivity contribution in [2.45, 2.75) is 20.1 Å². The number of hydrogen-bond donors (Lipinski definition) is 0. The topological polar surface area (TPSA) is 57.2 Å². The number of benzene rings is 3. The Labute approximate surface area is 181 Å². The molecule has 0 fully saturated rings. The number of carbonyl (C=O) groups is 1. The van der Waals surface area contributed by atoms with Crippen LogP contribution in [0.1, 0.15) is 18.1 Å². The van der Waals surface area contributed by atoms with E-state index in [1.807, 2.05) is 79.7 Å². The van der Waals surface area contributed by atoms with E-state index in [1.165, 1.54) is 0 Å². The lowest BCUT2D eigenvalue weighted by Gasteiger charge is -2.21. The molecule has 0 spiro atoms. The van der Waals surface area contributed by atoms with Gasteiger partial charge in [-0.15, -0.1) is 0 Å². The van der Waals surface area contributed by atoms with Gasteiger partial charge in [-0.25, -0.2) is 0 Å². The van der Waals surface area contributed by atoms with Crippen LogP contribution in [0.2, 0.25) is 0 Å². The van der Waals surface area contributed by atoms with Crippen LogP contribution in [0.25, 0.3) is 0 Å². The third-order valence-corrected chi connectivity index (χ3v) is 4.98. The first-order chi connectivity index (χ1) is 15.2. The molecule has 160 valence electrons. The van der Waals surface area contributed by atoms with Crippen molar-refractivity contribution >= 4 is 5.91 Å². The van der Waals surface area contributed by atoms with Gasteiger partial charge in [0.1, 0.15) is 18.1 Å². The Bertz CT molecular complexity index is 1000. The van der Waals surface area contributed by atoms with Crippen molar-refractivity contribution in [2.75, 3.05) is 19.9 Å². The van der Waals surface area contributed by atoms with Crippen LogP contribution in [0.3, 0.4) is 0 Å². The highest BCUT2D eigenvalue weighted by Gasteiger charge is 2.17. The third kappa shape index (κ3) is 5.48. The van der Waals surface area contributed by atoms with Gasteiger partial charge in [0.05, 0.1) is 0 Å². The molecular formula is C25H25NO5. The molecule has 0 saturated carbocycles. The number of likely N-dealkylation sites (N-methyl/N-ethyl adjacent to an activating group) is 1. The minimum Gasteiger partial charge on any atom is -0.489 e. The molecule has 3 aromatic rings. The van der Waals surface area contributed by atoms with Crippen LogP contribution < -0.4 is 18.9 Å². The first-order valence-electron chi connectivity index (χ1n) is 10.3. The highest BCUT2D eigenvalue weighted by Crippen LogP contribution is 2.32. The summed E-state index contributed by atoms with van der Waals surface area (Å²) in [7, 11) is 0. The molecule has 0 saturated heterocycles. The summed E-state index contributed by atoms with van der Waals surface area (Å²) in [6.07, 6.45) is 0. The van der Waals surface area contributed by atoms with Gasteiger partial charge in [0, 0.05) is 13.1 Å². The van der Waals surface area contributed by atoms with Crippen molar-refractivity contribution in [1.82, 2.24) is 4.90 Å². The summed E-state index contributed by atoms with van der Waals surface area (Å²) >= 11 is 0. The Kier molecular flexibility index (Phi) is 6.57. The first-order valence-corrected chi connectivity index (χ1v) is 10.3. The van der Waals surface area contributed by atoms with E-state index in [0.717, 1.165) is 22.6 Å². The second-order valence-electron chi connectivity index (χ2n) is 7.13. The zero-order valence-electron chi connectivity index (χ0n) is 17.5. The molecule has 0 N–H and O–H groups in total. The number of fused-ring (bicyclic) bond motifs is 1. The summed E-state index contributed by atoms with van der Waals surface area (Å²) in [5, 5.41) is 0. The molecule has 1 amide bonds. The number of amides is 1. The minimum atomic E-state index is -0.0791. The summed E-state index contributed by atoms with van der Waals surface area (Å²) < 4.78 is 22.2. The van der Waals surface area contributed by atoms with Crippen LogP contribution in [0.5, 0.6) is 23.0 Å². The molecule has 0 atom stereocenters. The summed E-state index contributed by atoms with van der Waals surface area (Å²) in [6, 6.07) is 23.0. The molecule has 0 bridgehead atoms. The van der Waals surface area contributed by atoms with E-state index in [-0.39, 0.29) is 19.3 Å². The molecule has 4 rings (SSSR count). The number of rotatable bonds is 9. The summed E-state index contributed by atoms with van der Waals surface area (Å²) in [6.45, 7) is 3.74. The maximum atomic E-state index is 12.6. The SMILES string of the molecule is CCN(Cc1ccc2c(c1)OCO2)C(=O)COc1ccc(OCc2ccccc2)cc1. The van der Waals surface area contributed by atoms with Crippen molar-refractivity contribution in [3.8, 4) is 23.0 Å². The standard InChI is InChI=1S/C25H25NO5/c1-2-26(15-20-8-13-23-24(14-20)31-18-30-23)25(27)17-29-22-11-9-21(10-12-22)28-16-19-6-4-3-5-7-19/h3-14H,2,15-18H2,1H3. The van der Waals surface area contributed by atoms with Crippen molar-refractivity contribution < 1.29 is 23.7 Å². The number of nitrogens with zero attached hydrogens (tertiary/aromatic N) is 1. The molecule has 6 heteroatoms. The smallest absolute Gasteiger partial charge is 0.260 e. The van der Waals surface area contributed by atoms with E-state index in [2.05, 4.69) is 0 Å². The van der Waals surface area contributed by atoms with E-state index in [9.17, 15) is 4.79 Å². The van der Waals surface area contributed by atoms with E-state index in [4.69, 9.17) is 18.9 Å². The van der Waals surface area contributed by atoms with Gasteiger partial charge in [-0.2, -0.15) is 0 Å². The average Bonchev–Trinajstić information content (AvgIpc) is 3.29. The van der Waals surface area contributed by atoms with Gasteiger partial charge < -0.3 is 23.8 Å². The second-order valence-corrected chi connectivity index (χ2v) is 7.13. The van der Waals surface area contributed by atoms with Gasteiger partial charge in [-0.3, -0.25) is 4.79 Å². The van der Waals surface area contributed by atoms with Crippen molar-refractivity contribution in [3.63, 3.8) is 0 Å². The van der Waals surface area contributed by atoms with E-state index >= 15 is 0 Å². The maximum Gasteiger partial charge on any atom is 0.260 e. The van der Waals surface area contributed by atoms with Crippen LogP contribution in [0.15, 0.2) is 72.8 Å². The Morgan fingerprint density at radius 3 is 2.32 bits per heavy atom. The Balaban J connectivity index is 1.27. The Hall–Kier alpha value is -3.67. The highest BCUT2D eigenvalue weighted by atomic mass is 16.7.